The second-order valence-corrected chi connectivity index (χ2v) is 11.5. The molecule has 1 aliphatic rings. The molecule has 3 aromatic rings. The SMILES string of the molecule is COc1cccc(-c2ccc3c(c2)O[C@@H](CN(C)Cc2ccncc2)[C@@H](C)CN([C@@H](C)CO)S3(=O)=O)c1. The van der Waals surface area contributed by atoms with Gasteiger partial charge in [-0.05, 0) is 67.1 Å². The minimum atomic E-state index is -3.90. The zero-order valence-electron chi connectivity index (χ0n) is 21.7. The molecule has 2 heterocycles. The first-order valence-corrected chi connectivity index (χ1v) is 13.8. The number of rotatable bonds is 8. The molecule has 0 aliphatic carbocycles. The summed E-state index contributed by atoms with van der Waals surface area (Å²) in [4.78, 5) is 6.35. The van der Waals surface area contributed by atoms with Crippen LogP contribution >= 0.6 is 0 Å². The Bertz CT molecular complexity index is 1300. The number of likely N-dealkylation sites (N-methyl/N-ethyl adjacent to an activating group) is 1. The van der Waals surface area contributed by atoms with E-state index in [1.54, 1.807) is 44.6 Å². The highest BCUT2D eigenvalue weighted by Crippen LogP contribution is 2.37. The zero-order valence-corrected chi connectivity index (χ0v) is 22.6. The maximum atomic E-state index is 13.7. The number of fused-ring (bicyclic) bond motifs is 1. The Balaban J connectivity index is 1.73. The third-order valence-corrected chi connectivity index (χ3v) is 8.78. The Hall–Kier alpha value is -2.98. The first-order chi connectivity index (χ1) is 17.7. The average molecular weight is 526 g/mol. The van der Waals surface area contributed by atoms with Gasteiger partial charge in [-0.15, -0.1) is 0 Å². The lowest BCUT2D eigenvalue weighted by Gasteiger charge is -2.37. The lowest BCUT2D eigenvalue weighted by molar-refractivity contribution is 0.0734. The van der Waals surface area contributed by atoms with Gasteiger partial charge in [0, 0.05) is 44.0 Å². The van der Waals surface area contributed by atoms with E-state index in [1.807, 2.05) is 50.4 Å². The number of benzene rings is 2. The van der Waals surface area contributed by atoms with E-state index in [0.29, 0.717) is 24.6 Å². The first-order valence-electron chi connectivity index (χ1n) is 12.4. The van der Waals surface area contributed by atoms with Crippen molar-refractivity contribution >= 4 is 10.0 Å². The second kappa shape index (κ2) is 11.6. The molecule has 4 rings (SSSR count). The number of hydrogen-bond donors (Lipinski definition) is 1. The van der Waals surface area contributed by atoms with E-state index in [2.05, 4.69) is 9.88 Å². The molecule has 1 aromatic heterocycles. The van der Waals surface area contributed by atoms with Gasteiger partial charge in [-0.3, -0.25) is 9.88 Å². The molecule has 0 unspecified atom stereocenters. The van der Waals surface area contributed by atoms with Gasteiger partial charge >= 0.3 is 0 Å². The third-order valence-electron chi connectivity index (χ3n) is 6.76. The summed E-state index contributed by atoms with van der Waals surface area (Å²) in [6.45, 7) is 5.00. The molecule has 0 saturated heterocycles. The molecule has 0 spiro atoms. The highest BCUT2D eigenvalue weighted by molar-refractivity contribution is 7.89. The van der Waals surface area contributed by atoms with Crippen molar-refractivity contribution in [3.63, 3.8) is 0 Å². The third kappa shape index (κ3) is 6.13. The zero-order chi connectivity index (χ0) is 26.6. The van der Waals surface area contributed by atoms with Crippen LogP contribution in [0.2, 0.25) is 0 Å². The normalized spacial score (nSPS) is 20.4. The van der Waals surface area contributed by atoms with E-state index >= 15 is 0 Å². The van der Waals surface area contributed by atoms with E-state index in [1.165, 1.54) is 4.31 Å². The van der Waals surface area contributed by atoms with Gasteiger partial charge < -0.3 is 14.6 Å². The summed E-state index contributed by atoms with van der Waals surface area (Å²) in [6.07, 6.45) is 3.26. The maximum absolute atomic E-state index is 13.7. The van der Waals surface area contributed by atoms with E-state index in [4.69, 9.17) is 9.47 Å². The number of sulfonamides is 1. The maximum Gasteiger partial charge on any atom is 0.247 e. The van der Waals surface area contributed by atoms with E-state index < -0.39 is 16.1 Å². The Kier molecular flexibility index (Phi) is 8.49. The largest absolute Gasteiger partial charge is 0.497 e. The molecule has 1 aliphatic heterocycles. The van der Waals surface area contributed by atoms with Crippen molar-refractivity contribution in [1.82, 2.24) is 14.2 Å². The smallest absolute Gasteiger partial charge is 0.247 e. The summed E-state index contributed by atoms with van der Waals surface area (Å²) in [6, 6.07) is 16.2. The van der Waals surface area contributed by atoms with Crippen molar-refractivity contribution in [3.05, 3.63) is 72.6 Å². The van der Waals surface area contributed by atoms with Crippen LogP contribution in [0.5, 0.6) is 11.5 Å². The molecule has 0 saturated carbocycles. The Morgan fingerprint density at radius 1 is 1.16 bits per heavy atom. The van der Waals surface area contributed by atoms with Crippen LogP contribution in [0, 0.1) is 5.92 Å². The molecule has 0 amide bonds. The minimum Gasteiger partial charge on any atom is -0.497 e. The van der Waals surface area contributed by atoms with Crippen molar-refractivity contribution in [1.29, 1.82) is 0 Å². The van der Waals surface area contributed by atoms with Gasteiger partial charge in [-0.25, -0.2) is 8.42 Å². The van der Waals surface area contributed by atoms with Crippen molar-refractivity contribution in [2.24, 2.45) is 5.92 Å². The number of aliphatic hydroxyl groups is 1. The fourth-order valence-corrected chi connectivity index (χ4v) is 6.42. The van der Waals surface area contributed by atoms with Gasteiger partial charge in [-0.1, -0.05) is 25.1 Å². The van der Waals surface area contributed by atoms with E-state index in [-0.39, 0.29) is 30.1 Å². The highest BCUT2D eigenvalue weighted by Gasteiger charge is 2.38. The summed E-state index contributed by atoms with van der Waals surface area (Å²) in [5.41, 5.74) is 2.85. The van der Waals surface area contributed by atoms with Gasteiger partial charge in [0.05, 0.1) is 13.7 Å². The van der Waals surface area contributed by atoms with Crippen molar-refractivity contribution < 1.29 is 23.0 Å². The molecule has 8 nitrogen and oxygen atoms in total. The number of pyridine rings is 1. The fraction of sp³-hybridized carbons (Fsp3) is 0.393. The van der Waals surface area contributed by atoms with E-state index in [0.717, 1.165) is 16.7 Å². The molecule has 3 atom stereocenters. The molecule has 0 bridgehead atoms. The van der Waals surface area contributed by atoms with Crippen LogP contribution in [0.3, 0.4) is 0 Å². The van der Waals surface area contributed by atoms with Crippen molar-refractivity contribution in [2.75, 3.05) is 33.9 Å². The van der Waals surface area contributed by atoms with Crippen LogP contribution in [0.25, 0.3) is 11.1 Å². The molecule has 2 aromatic carbocycles. The topological polar surface area (TPSA) is 92.2 Å². The summed E-state index contributed by atoms with van der Waals surface area (Å²) in [5.74, 6) is 0.895. The van der Waals surface area contributed by atoms with Gasteiger partial charge in [-0.2, -0.15) is 4.31 Å². The first kappa shape index (κ1) is 27.1. The van der Waals surface area contributed by atoms with Crippen LogP contribution in [0.1, 0.15) is 19.4 Å². The standard InChI is InChI=1S/C28H35N3O5S/c1-20-16-31(21(2)19-32)37(33,34)28-9-8-24(23-6-5-7-25(14-23)35-4)15-26(28)36-27(20)18-30(3)17-22-10-12-29-13-11-22/h5-15,20-21,27,32H,16-19H2,1-4H3/t20-,21-,27-/m0/s1. The molecular formula is C28H35N3O5S. The number of hydrogen-bond acceptors (Lipinski definition) is 7. The monoisotopic (exact) mass is 525 g/mol. The lowest BCUT2D eigenvalue weighted by Crippen LogP contribution is -2.49. The highest BCUT2D eigenvalue weighted by atomic mass is 32.2. The van der Waals surface area contributed by atoms with Crippen LogP contribution in [0.4, 0.5) is 0 Å². The summed E-state index contributed by atoms with van der Waals surface area (Å²) >= 11 is 0. The van der Waals surface area contributed by atoms with Crippen LogP contribution in [-0.2, 0) is 16.6 Å². The summed E-state index contributed by atoms with van der Waals surface area (Å²) in [7, 11) is -0.263. The Morgan fingerprint density at radius 3 is 2.59 bits per heavy atom. The molecular weight excluding hydrogens is 490 g/mol. The quantitative estimate of drug-likeness (QED) is 0.480. The van der Waals surface area contributed by atoms with Gasteiger partial charge in [0.15, 0.2) is 0 Å². The number of nitrogens with zero attached hydrogens (tertiary/aromatic N) is 3. The second-order valence-electron chi connectivity index (χ2n) is 9.69. The number of methoxy groups -OCH3 is 1. The van der Waals surface area contributed by atoms with Crippen molar-refractivity contribution in [2.45, 2.75) is 37.4 Å². The predicted molar refractivity (Wildman–Crippen MR) is 143 cm³/mol. The number of aromatic nitrogens is 1. The van der Waals surface area contributed by atoms with Gasteiger partial charge in [0.1, 0.15) is 22.5 Å². The Labute approximate surface area is 219 Å². The molecule has 0 radical (unpaired) electrons. The molecule has 9 heteroatoms. The minimum absolute atomic E-state index is 0.105. The summed E-state index contributed by atoms with van der Waals surface area (Å²) < 4.78 is 40.8. The molecule has 1 N–H and O–H groups in total. The van der Waals surface area contributed by atoms with Crippen LogP contribution in [0.15, 0.2) is 71.9 Å². The lowest BCUT2D eigenvalue weighted by atomic mass is 10.0. The predicted octanol–water partition coefficient (Wildman–Crippen LogP) is 3.66. The number of ether oxygens (including phenoxy) is 2. The Morgan fingerprint density at radius 2 is 1.89 bits per heavy atom. The van der Waals surface area contributed by atoms with E-state index in [9.17, 15) is 13.5 Å². The van der Waals surface area contributed by atoms with Gasteiger partial charge in [0.2, 0.25) is 10.0 Å². The van der Waals surface area contributed by atoms with Crippen LogP contribution in [-0.4, -0.2) is 73.7 Å². The summed E-state index contributed by atoms with van der Waals surface area (Å²) in [5, 5.41) is 9.87. The number of aliphatic hydroxyl groups excluding tert-OH is 1. The molecule has 37 heavy (non-hydrogen) atoms. The van der Waals surface area contributed by atoms with Crippen LogP contribution < -0.4 is 9.47 Å². The van der Waals surface area contributed by atoms with Crippen molar-refractivity contribution in [3.8, 4) is 22.6 Å². The average Bonchev–Trinajstić information content (AvgIpc) is 2.90. The fourth-order valence-electron chi connectivity index (χ4n) is 4.60. The molecule has 0 fully saturated rings. The molecule has 198 valence electrons. The van der Waals surface area contributed by atoms with Gasteiger partial charge in [0.25, 0.3) is 0 Å².